The third kappa shape index (κ3) is 2.47. The quantitative estimate of drug-likeness (QED) is 0.683. The molecule has 0 saturated carbocycles. The van der Waals surface area contributed by atoms with Gasteiger partial charge in [0, 0.05) is 17.7 Å². The largest absolute Gasteiger partial charge is 0.478 e. The topological polar surface area (TPSA) is 122 Å². The Morgan fingerprint density at radius 3 is 2.45 bits per heavy atom. The molecule has 0 atom stereocenters. The Balaban J connectivity index is 1.97. The van der Waals surface area contributed by atoms with Crippen LogP contribution in [0.25, 0.3) is 0 Å². The third-order valence-electron chi connectivity index (χ3n) is 3.72. The van der Waals surface area contributed by atoms with E-state index in [0.29, 0.717) is 31.6 Å². The molecule has 1 aliphatic heterocycles. The van der Waals surface area contributed by atoms with Gasteiger partial charge in [-0.05, 0) is 12.0 Å². The predicted molar refractivity (Wildman–Crippen MR) is 74.2 cm³/mol. The summed E-state index contributed by atoms with van der Waals surface area (Å²) >= 11 is 1.09. The summed E-state index contributed by atoms with van der Waals surface area (Å²) in [5.74, 6) is -4.94. The summed E-state index contributed by atoms with van der Waals surface area (Å²) < 4.78 is 11.2. The Morgan fingerprint density at radius 2 is 1.86 bits per heavy atom. The van der Waals surface area contributed by atoms with E-state index in [1.165, 1.54) is 0 Å². The number of ether oxygens (including phenoxy) is 2. The van der Waals surface area contributed by atoms with Gasteiger partial charge in [0.1, 0.15) is 5.00 Å². The molecule has 1 amide bonds. The zero-order chi connectivity index (χ0) is 15.9. The number of nitrogens with one attached hydrogen (secondary N) is 1. The minimum absolute atomic E-state index is 0.0416. The number of hydrogen-bond donors (Lipinski definition) is 3. The van der Waals surface area contributed by atoms with E-state index >= 15 is 0 Å². The number of aryl methyl sites for hydroxylation is 1. The Bertz CT molecular complexity index is 660. The number of carboxylic acids is 2. The number of carboxylic acid groups (broad SMARTS) is 2. The van der Waals surface area contributed by atoms with Crippen LogP contribution in [0.4, 0.5) is 5.00 Å². The number of anilines is 1. The monoisotopic (exact) mass is 327 g/mol. The smallest absolute Gasteiger partial charge is 0.394 e. The first-order valence-electron chi connectivity index (χ1n) is 6.62. The van der Waals surface area contributed by atoms with Crippen LogP contribution in [0.15, 0.2) is 0 Å². The van der Waals surface area contributed by atoms with Crippen molar-refractivity contribution in [2.75, 3.05) is 18.5 Å². The molecule has 3 rings (SSSR count). The van der Waals surface area contributed by atoms with Gasteiger partial charge in [-0.15, -0.1) is 11.3 Å². The lowest BCUT2D eigenvalue weighted by molar-refractivity contribution is -0.163. The fraction of sp³-hybridized carbons (Fsp3) is 0.462. The van der Waals surface area contributed by atoms with Crippen LogP contribution in [0.3, 0.4) is 0 Å². The first-order valence-corrected chi connectivity index (χ1v) is 7.43. The minimum Gasteiger partial charge on any atom is -0.478 e. The second kappa shape index (κ2) is 5.34. The van der Waals surface area contributed by atoms with E-state index in [2.05, 4.69) is 5.32 Å². The van der Waals surface area contributed by atoms with Gasteiger partial charge in [0.15, 0.2) is 5.79 Å². The van der Waals surface area contributed by atoms with Gasteiger partial charge in [-0.2, -0.15) is 0 Å². The first-order chi connectivity index (χ1) is 10.4. The maximum atomic E-state index is 11.5. The first kappa shape index (κ1) is 14.9. The van der Waals surface area contributed by atoms with Crippen molar-refractivity contribution in [2.45, 2.75) is 25.0 Å². The maximum Gasteiger partial charge on any atom is 0.394 e. The average Bonchev–Trinajstić information content (AvgIpc) is 3.03. The SMILES string of the molecule is O=C(O)C(=O)Nc1sc2c(c1C(=O)O)CC1(CC2)OCCO1. The highest BCUT2D eigenvalue weighted by Crippen LogP contribution is 2.43. The number of thiophene rings is 1. The molecule has 8 nitrogen and oxygen atoms in total. The predicted octanol–water partition coefficient (Wildman–Crippen LogP) is 0.701. The summed E-state index contributed by atoms with van der Waals surface area (Å²) in [7, 11) is 0. The van der Waals surface area contributed by atoms with Crippen molar-refractivity contribution >= 4 is 34.2 Å². The van der Waals surface area contributed by atoms with Gasteiger partial charge in [0.2, 0.25) is 0 Å². The van der Waals surface area contributed by atoms with E-state index in [4.69, 9.17) is 14.6 Å². The molecule has 1 spiro atoms. The van der Waals surface area contributed by atoms with Gasteiger partial charge < -0.3 is 25.0 Å². The molecule has 2 aliphatic rings. The van der Waals surface area contributed by atoms with Crippen LogP contribution in [-0.4, -0.2) is 47.1 Å². The third-order valence-corrected chi connectivity index (χ3v) is 4.93. The zero-order valence-electron chi connectivity index (χ0n) is 11.4. The van der Waals surface area contributed by atoms with Gasteiger partial charge in [-0.1, -0.05) is 0 Å². The van der Waals surface area contributed by atoms with Crippen molar-refractivity contribution in [3.8, 4) is 0 Å². The van der Waals surface area contributed by atoms with Crippen LogP contribution in [0.2, 0.25) is 0 Å². The molecule has 2 heterocycles. The molecular weight excluding hydrogens is 314 g/mol. The lowest BCUT2D eigenvalue weighted by Crippen LogP contribution is -2.37. The number of carbonyl (C=O) groups is 3. The Kier molecular flexibility index (Phi) is 3.63. The highest BCUT2D eigenvalue weighted by molar-refractivity contribution is 7.17. The molecule has 1 aliphatic carbocycles. The van der Waals surface area contributed by atoms with Crippen LogP contribution in [0.5, 0.6) is 0 Å². The zero-order valence-corrected chi connectivity index (χ0v) is 12.2. The molecule has 0 aromatic carbocycles. The van der Waals surface area contributed by atoms with Crippen molar-refractivity contribution in [2.24, 2.45) is 0 Å². The average molecular weight is 327 g/mol. The fourth-order valence-corrected chi connectivity index (χ4v) is 3.98. The molecule has 118 valence electrons. The van der Waals surface area contributed by atoms with Crippen LogP contribution in [0, 0.1) is 0 Å². The highest BCUT2D eigenvalue weighted by Gasteiger charge is 2.43. The van der Waals surface area contributed by atoms with Gasteiger partial charge >= 0.3 is 17.8 Å². The van der Waals surface area contributed by atoms with E-state index in [1.807, 2.05) is 0 Å². The van der Waals surface area contributed by atoms with E-state index in [0.717, 1.165) is 16.2 Å². The van der Waals surface area contributed by atoms with Crippen molar-refractivity contribution in [1.82, 2.24) is 0 Å². The molecule has 22 heavy (non-hydrogen) atoms. The van der Waals surface area contributed by atoms with Gasteiger partial charge in [0.25, 0.3) is 0 Å². The Labute approximate surface area is 128 Å². The number of aromatic carboxylic acids is 1. The number of rotatable bonds is 2. The minimum atomic E-state index is -1.67. The summed E-state index contributed by atoms with van der Waals surface area (Å²) in [4.78, 5) is 34.3. The summed E-state index contributed by atoms with van der Waals surface area (Å²) in [6, 6.07) is 0. The lowest BCUT2D eigenvalue weighted by Gasteiger charge is -2.31. The van der Waals surface area contributed by atoms with Crippen molar-refractivity contribution < 1.29 is 34.1 Å². The van der Waals surface area contributed by atoms with E-state index < -0.39 is 23.6 Å². The molecule has 1 aromatic heterocycles. The molecule has 0 radical (unpaired) electrons. The summed E-state index contributed by atoms with van der Waals surface area (Å²) in [6.45, 7) is 0.926. The van der Waals surface area contributed by atoms with Crippen molar-refractivity contribution in [3.63, 3.8) is 0 Å². The van der Waals surface area contributed by atoms with Crippen LogP contribution < -0.4 is 5.32 Å². The van der Waals surface area contributed by atoms with Crippen LogP contribution in [-0.2, 0) is 31.9 Å². The summed E-state index contributed by atoms with van der Waals surface area (Å²) in [6.07, 6.45) is 1.44. The van der Waals surface area contributed by atoms with Crippen LogP contribution >= 0.6 is 11.3 Å². The number of hydrogen-bond acceptors (Lipinski definition) is 6. The maximum absolute atomic E-state index is 11.5. The second-order valence-electron chi connectivity index (χ2n) is 5.06. The molecule has 0 bridgehead atoms. The Morgan fingerprint density at radius 1 is 1.18 bits per heavy atom. The highest BCUT2D eigenvalue weighted by atomic mass is 32.1. The lowest BCUT2D eigenvalue weighted by atomic mass is 9.90. The van der Waals surface area contributed by atoms with E-state index in [-0.39, 0.29) is 17.0 Å². The summed E-state index contributed by atoms with van der Waals surface area (Å²) in [5.41, 5.74) is 0.471. The van der Waals surface area contributed by atoms with Crippen molar-refractivity contribution in [3.05, 3.63) is 16.0 Å². The molecule has 1 saturated heterocycles. The van der Waals surface area contributed by atoms with Gasteiger partial charge in [-0.3, -0.25) is 4.79 Å². The summed E-state index contributed by atoms with van der Waals surface area (Å²) in [5, 5.41) is 20.3. The number of carbonyl (C=O) groups excluding carboxylic acids is 1. The molecular formula is C13H13NO7S. The van der Waals surface area contributed by atoms with Gasteiger partial charge in [-0.25, -0.2) is 9.59 Å². The number of fused-ring (bicyclic) bond motifs is 1. The van der Waals surface area contributed by atoms with Gasteiger partial charge in [0.05, 0.1) is 18.8 Å². The molecule has 0 unspecified atom stereocenters. The normalized spacial score (nSPS) is 18.9. The van der Waals surface area contributed by atoms with Crippen molar-refractivity contribution in [1.29, 1.82) is 0 Å². The Hall–Kier alpha value is -1.97. The van der Waals surface area contributed by atoms with E-state index in [9.17, 15) is 19.5 Å². The molecule has 3 N–H and O–H groups in total. The van der Waals surface area contributed by atoms with E-state index in [1.54, 1.807) is 0 Å². The number of aliphatic carboxylic acids is 1. The molecule has 9 heteroatoms. The fourth-order valence-electron chi connectivity index (χ4n) is 2.78. The number of amides is 1. The standard InChI is InChI=1S/C13H13NO7S/c15-9(12(18)19)14-10-8(11(16)17)6-5-13(20-3-4-21-13)2-1-7(6)22-10/h1-5H2,(H,14,15)(H,16,17)(H,18,19). The van der Waals surface area contributed by atoms with Crippen LogP contribution in [0.1, 0.15) is 27.2 Å². The molecule has 1 fully saturated rings. The second-order valence-corrected chi connectivity index (χ2v) is 6.16. The molecule has 1 aromatic rings.